The highest BCUT2D eigenvalue weighted by molar-refractivity contribution is 6.23. The van der Waals surface area contributed by atoms with Gasteiger partial charge in [-0.05, 0) is 37.1 Å². The highest BCUT2D eigenvalue weighted by atomic mass is 16.7. The van der Waals surface area contributed by atoms with E-state index in [2.05, 4.69) is 0 Å². The minimum atomic E-state index is -0.955. The number of nitrogens with zero attached hydrogens (tertiary/aromatic N) is 2. The molecule has 2 saturated heterocycles. The van der Waals surface area contributed by atoms with Gasteiger partial charge in [0.05, 0.1) is 38.0 Å². The van der Waals surface area contributed by atoms with Crippen LogP contribution in [0.4, 0.5) is 0 Å². The summed E-state index contributed by atoms with van der Waals surface area (Å²) in [6.45, 7) is 0.539. The van der Waals surface area contributed by atoms with Gasteiger partial charge in [-0.25, -0.2) is 0 Å². The summed E-state index contributed by atoms with van der Waals surface area (Å²) in [6, 6.07) is 10.6. The number of ether oxygens (including phenoxy) is 4. The molecule has 9 heteroatoms. The Bertz CT molecular complexity index is 1220. The molecule has 194 valence electrons. The first-order valence-electron chi connectivity index (χ1n) is 12.8. The lowest BCUT2D eigenvalue weighted by Gasteiger charge is -2.51. The summed E-state index contributed by atoms with van der Waals surface area (Å²) in [5.41, 5.74) is 1.43. The molecule has 3 fully saturated rings. The van der Waals surface area contributed by atoms with E-state index in [0.29, 0.717) is 29.2 Å². The number of hydrogen-bond donors (Lipinski definition) is 0. The molecule has 37 heavy (non-hydrogen) atoms. The normalized spacial score (nSPS) is 26.4. The zero-order valence-corrected chi connectivity index (χ0v) is 21.0. The SMILES string of the molecule is COc1ccc(CN2C(=O)C(N3C(=O)c4ccccc4C3=O)C2C2COC3(CCCCC3)O2)c(OC)c1. The summed E-state index contributed by atoms with van der Waals surface area (Å²) in [5, 5.41) is 0. The third-order valence-electron chi connectivity index (χ3n) is 8.03. The molecule has 0 N–H and O–H groups in total. The minimum absolute atomic E-state index is 0.239. The number of carbonyl (C=O) groups excluding carboxylic acids is 3. The fraction of sp³-hybridized carbons (Fsp3) is 0.464. The predicted octanol–water partition coefficient (Wildman–Crippen LogP) is 3.16. The van der Waals surface area contributed by atoms with Crippen LogP contribution in [0.15, 0.2) is 42.5 Å². The van der Waals surface area contributed by atoms with E-state index in [9.17, 15) is 14.4 Å². The van der Waals surface area contributed by atoms with E-state index in [0.717, 1.165) is 42.6 Å². The van der Waals surface area contributed by atoms with E-state index in [1.807, 2.05) is 12.1 Å². The van der Waals surface area contributed by atoms with Gasteiger partial charge in [-0.3, -0.25) is 19.3 Å². The summed E-state index contributed by atoms with van der Waals surface area (Å²) >= 11 is 0. The number of β-lactam (4-membered cyclic amide) rings is 1. The molecular weight excluding hydrogens is 476 g/mol. The number of benzene rings is 2. The lowest BCUT2D eigenvalue weighted by atomic mass is 9.87. The lowest BCUT2D eigenvalue weighted by molar-refractivity contribution is -0.203. The van der Waals surface area contributed by atoms with E-state index in [-0.39, 0.29) is 12.5 Å². The molecule has 1 spiro atoms. The monoisotopic (exact) mass is 506 g/mol. The zero-order valence-electron chi connectivity index (χ0n) is 21.0. The average molecular weight is 507 g/mol. The van der Waals surface area contributed by atoms with Gasteiger partial charge in [-0.2, -0.15) is 0 Å². The van der Waals surface area contributed by atoms with E-state index < -0.39 is 35.8 Å². The Balaban J connectivity index is 1.32. The van der Waals surface area contributed by atoms with Crippen molar-refractivity contribution in [2.75, 3.05) is 20.8 Å². The number of methoxy groups -OCH3 is 2. The third kappa shape index (κ3) is 3.79. The Hall–Kier alpha value is -3.43. The second-order valence-electron chi connectivity index (χ2n) is 10.0. The van der Waals surface area contributed by atoms with Crippen molar-refractivity contribution in [1.82, 2.24) is 9.80 Å². The van der Waals surface area contributed by atoms with Crippen LogP contribution in [0.2, 0.25) is 0 Å². The van der Waals surface area contributed by atoms with Crippen LogP contribution in [-0.4, -0.2) is 72.3 Å². The average Bonchev–Trinajstić information content (AvgIpc) is 3.43. The van der Waals surface area contributed by atoms with Crippen LogP contribution in [0.3, 0.4) is 0 Å². The van der Waals surface area contributed by atoms with Gasteiger partial charge < -0.3 is 23.8 Å². The zero-order chi connectivity index (χ0) is 25.7. The fourth-order valence-electron chi connectivity index (χ4n) is 6.13. The lowest BCUT2D eigenvalue weighted by Crippen LogP contribution is -2.74. The maximum Gasteiger partial charge on any atom is 0.262 e. The molecule has 2 aromatic rings. The Morgan fingerprint density at radius 2 is 1.65 bits per heavy atom. The van der Waals surface area contributed by atoms with Crippen LogP contribution in [0.1, 0.15) is 58.4 Å². The van der Waals surface area contributed by atoms with Crippen LogP contribution < -0.4 is 9.47 Å². The van der Waals surface area contributed by atoms with Crippen molar-refractivity contribution >= 4 is 17.7 Å². The number of fused-ring (bicyclic) bond motifs is 1. The predicted molar refractivity (Wildman–Crippen MR) is 131 cm³/mol. The number of hydrogen-bond acceptors (Lipinski definition) is 7. The van der Waals surface area contributed by atoms with E-state index in [1.54, 1.807) is 49.5 Å². The molecule has 3 aliphatic heterocycles. The molecular formula is C28H30N2O7. The number of likely N-dealkylation sites (tertiary alicyclic amines) is 1. The van der Waals surface area contributed by atoms with Gasteiger partial charge in [0.25, 0.3) is 11.8 Å². The molecule has 0 radical (unpaired) electrons. The summed E-state index contributed by atoms with van der Waals surface area (Å²) in [4.78, 5) is 43.1. The molecule has 6 rings (SSSR count). The molecule has 0 aromatic heterocycles. The van der Waals surface area contributed by atoms with Gasteiger partial charge in [0.15, 0.2) is 5.79 Å². The standard InChI is InChI=1S/C28H30N2O7/c1-34-18-11-10-17(21(14-18)35-2)15-29-23(22-16-36-28(37-22)12-6-3-7-13-28)24(27(29)33)30-25(31)19-8-4-5-9-20(19)26(30)32/h4-5,8-11,14,22-24H,3,6-7,12-13,15-16H2,1-2H3. The minimum Gasteiger partial charge on any atom is -0.497 e. The van der Waals surface area contributed by atoms with Gasteiger partial charge in [0.2, 0.25) is 5.91 Å². The van der Waals surface area contributed by atoms with Crippen molar-refractivity contribution in [3.8, 4) is 11.5 Å². The largest absolute Gasteiger partial charge is 0.497 e. The number of rotatable bonds is 6. The van der Waals surface area contributed by atoms with E-state index >= 15 is 0 Å². The van der Waals surface area contributed by atoms with Crippen molar-refractivity contribution in [3.05, 3.63) is 59.2 Å². The summed E-state index contributed by atoms with van der Waals surface area (Å²) in [6.07, 6.45) is 4.31. The van der Waals surface area contributed by atoms with Crippen molar-refractivity contribution in [3.63, 3.8) is 0 Å². The summed E-state index contributed by atoms with van der Waals surface area (Å²) in [5.74, 6) is -0.623. The van der Waals surface area contributed by atoms with Crippen LogP contribution in [0.25, 0.3) is 0 Å². The Kier molecular flexibility index (Phi) is 5.92. The Morgan fingerprint density at radius 3 is 2.30 bits per heavy atom. The topological polar surface area (TPSA) is 94.6 Å². The molecule has 1 saturated carbocycles. The van der Waals surface area contributed by atoms with E-state index in [1.165, 1.54) is 0 Å². The second kappa shape index (κ2) is 9.15. The second-order valence-corrected chi connectivity index (χ2v) is 10.0. The molecule has 3 heterocycles. The maximum atomic E-state index is 13.7. The summed E-state index contributed by atoms with van der Waals surface area (Å²) in [7, 11) is 3.14. The fourth-order valence-corrected chi connectivity index (χ4v) is 6.13. The van der Waals surface area contributed by atoms with Crippen molar-refractivity contribution < 1.29 is 33.3 Å². The Labute approximate surface area is 215 Å². The first kappa shape index (κ1) is 23.9. The molecule has 4 aliphatic rings. The Morgan fingerprint density at radius 1 is 0.946 bits per heavy atom. The van der Waals surface area contributed by atoms with Crippen molar-refractivity contribution in [2.45, 2.75) is 62.6 Å². The van der Waals surface area contributed by atoms with E-state index in [4.69, 9.17) is 18.9 Å². The number of carbonyl (C=O) groups is 3. The van der Waals surface area contributed by atoms with Gasteiger partial charge in [-0.1, -0.05) is 18.6 Å². The van der Waals surface area contributed by atoms with Gasteiger partial charge in [0.1, 0.15) is 23.6 Å². The number of imide groups is 1. The molecule has 1 aliphatic carbocycles. The first-order valence-corrected chi connectivity index (χ1v) is 12.8. The molecule has 9 nitrogen and oxygen atoms in total. The number of amides is 3. The third-order valence-corrected chi connectivity index (χ3v) is 8.03. The quantitative estimate of drug-likeness (QED) is 0.439. The molecule has 0 bridgehead atoms. The smallest absolute Gasteiger partial charge is 0.262 e. The van der Waals surface area contributed by atoms with Gasteiger partial charge in [-0.15, -0.1) is 0 Å². The highest BCUT2D eigenvalue weighted by Gasteiger charge is 2.61. The summed E-state index contributed by atoms with van der Waals surface area (Å²) < 4.78 is 23.6. The highest BCUT2D eigenvalue weighted by Crippen LogP contribution is 2.44. The van der Waals surface area contributed by atoms with Crippen LogP contribution in [-0.2, 0) is 20.8 Å². The van der Waals surface area contributed by atoms with Crippen LogP contribution in [0.5, 0.6) is 11.5 Å². The molecule has 2 aromatic carbocycles. The molecule has 3 unspecified atom stereocenters. The molecule has 3 amide bonds. The maximum absolute atomic E-state index is 13.7. The van der Waals surface area contributed by atoms with Crippen molar-refractivity contribution in [1.29, 1.82) is 0 Å². The van der Waals surface area contributed by atoms with Gasteiger partial charge in [0, 0.05) is 31.0 Å². The van der Waals surface area contributed by atoms with Crippen LogP contribution >= 0.6 is 0 Å². The first-order chi connectivity index (χ1) is 18.0. The van der Waals surface area contributed by atoms with Crippen LogP contribution in [0, 0.1) is 0 Å². The molecule has 3 atom stereocenters. The van der Waals surface area contributed by atoms with Crippen molar-refractivity contribution in [2.24, 2.45) is 0 Å². The van der Waals surface area contributed by atoms with Gasteiger partial charge >= 0.3 is 0 Å².